The Labute approximate surface area is 69.9 Å². The monoisotopic (exact) mass is 169 g/mol. The Kier molecular flexibility index (Phi) is 2.05. The highest BCUT2D eigenvalue weighted by molar-refractivity contribution is 4.92. The summed E-state index contributed by atoms with van der Waals surface area (Å²) in [5, 5.41) is 3.69. The summed E-state index contributed by atoms with van der Waals surface area (Å²) in [4.78, 5) is 3.90. The Hall–Kier alpha value is -0.940. The summed E-state index contributed by atoms with van der Waals surface area (Å²) in [5.41, 5.74) is 5.88. The van der Waals surface area contributed by atoms with Crippen LogP contribution in [0.15, 0.2) is 10.9 Å². The van der Waals surface area contributed by atoms with Gasteiger partial charge in [0.1, 0.15) is 0 Å². The van der Waals surface area contributed by atoms with E-state index in [1.54, 1.807) is 0 Å². The minimum atomic E-state index is -0.147. The van der Waals surface area contributed by atoms with Gasteiger partial charge in [-0.05, 0) is 6.42 Å². The number of nitrogens with two attached hydrogens (primary N) is 1. The smallest absolute Gasteiger partial charge is 0.213 e. The van der Waals surface area contributed by atoms with Gasteiger partial charge in [0.25, 0.3) is 0 Å². The molecule has 2 N–H and O–H groups in total. The summed E-state index contributed by atoms with van der Waals surface area (Å²) in [6, 6.07) is -0.147. The molecule has 2 rings (SSSR count). The molecule has 66 valence electrons. The van der Waals surface area contributed by atoms with E-state index in [2.05, 4.69) is 14.7 Å². The maximum Gasteiger partial charge on any atom is 0.213 e. The zero-order chi connectivity index (χ0) is 8.39. The Morgan fingerprint density at radius 1 is 1.67 bits per heavy atom. The normalized spacial score (nSPS) is 25.9. The molecule has 1 aliphatic heterocycles. The molecule has 0 bridgehead atoms. The molecule has 5 nitrogen and oxygen atoms in total. The molecule has 2 atom stereocenters. The second kappa shape index (κ2) is 3.20. The molecule has 0 radical (unpaired) electrons. The van der Waals surface area contributed by atoms with Crippen molar-refractivity contribution in [1.82, 2.24) is 10.1 Å². The fourth-order valence-corrected chi connectivity index (χ4v) is 1.37. The fourth-order valence-electron chi connectivity index (χ4n) is 1.37. The summed E-state index contributed by atoms with van der Waals surface area (Å²) in [7, 11) is 0. The Bertz CT molecular complexity index is 231. The second-order valence-corrected chi connectivity index (χ2v) is 2.94. The summed E-state index contributed by atoms with van der Waals surface area (Å²) in [6.07, 6.45) is 2.28. The van der Waals surface area contributed by atoms with Crippen LogP contribution in [0, 0.1) is 5.92 Å². The van der Waals surface area contributed by atoms with Crippen LogP contribution >= 0.6 is 0 Å². The van der Waals surface area contributed by atoms with Gasteiger partial charge in [0.15, 0.2) is 5.82 Å². The van der Waals surface area contributed by atoms with E-state index in [-0.39, 0.29) is 6.04 Å². The molecular formula is C7H11N3O2. The van der Waals surface area contributed by atoms with Crippen LogP contribution in [0.25, 0.3) is 0 Å². The van der Waals surface area contributed by atoms with Gasteiger partial charge < -0.3 is 15.0 Å². The molecule has 0 amide bonds. The molecule has 0 aliphatic carbocycles. The highest BCUT2D eigenvalue weighted by Gasteiger charge is 2.26. The maximum absolute atomic E-state index is 5.88. The lowest BCUT2D eigenvalue weighted by Crippen LogP contribution is -2.22. The molecule has 0 spiro atoms. The summed E-state index contributed by atoms with van der Waals surface area (Å²) < 4.78 is 9.82. The van der Waals surface area contributed by atoms with Gasteiger partial charge in [-0.3, -0.25) is 0 Å². The quantitative estimate of drug-likeness (QED) is 0.679. The predicted octanol–water partition coefficient (Wildman–Crippen LogP) is 0.106. The Morgan fingerprint density at radius 3 is 3.17 bits per heavy atom. The van der Waals surface area contributed by atoms with Gasteiger partial charge in [0, 0.05) is 12.5 Å². The number of ether oxygens (including phenoxy) is 1. The van der Waals surface area contributed by atoms with E-state index < -0.39 is 0 Å². The van der Waals surface area contributed by atoms with E-state index in [0.717, 1.165) is 13.0 Å². The molecule has 1 saturated heterocycles. The molecule has 1 fully saturated rings. The average molecular weight is 169 g/mol. The van der Waals surface area contributed by atoms with Gasteiger partial charge in [-0.2, -0.15) is 4.98 Å². The van der Waals surface area contributed by atoms with Crippen LogP contribution < -0.4 is 5.73 Å². The molecule has 0 saturated carbocycles. The van der Waals surface area contributed by atoms with Crippen molar-refractivity contribution in [2.45, 2.75) is 12.5 Å². The number of rotatable bonds is 2. The van der Waals surface area contributed by atoms with E-state index in [4.69, 9.17) is 10.5 Å². The third-order valence-corrected chi connectivity index (χ3v) is 2.15. The van der Waals surface area contributed by atoms with Crippen molar-refractivity contribution in [3.05, 3.63) is 12.2 Å². The number of aromatic nitrogens is 2. The van der Waals surface area contributed by atoms with Crippen LogP contribution in [0.4, 0.5) is 0 Å². The minimum absolute atomic E-state index is 0.147. The third-order valence-electron chi connectivity index (χ3n) is 2.15. The van der Waals surface area contributed by atoms with Crippen molar-refractivity contribution in [3.63, 3.8) is 0 Å². The van der Waals surface area contributed by atoms with Gasteiger partial charge in [0.2, 0.25) is 6.39 Å². The largest absolute Gasteiger partial charge is 0.381 e. The van der Waals surface area contributed by atoms with Gasteiger partial charge >= 0.3 is 0 Å². The van der Waals surface area contributed by atoms with Crippen molar-refractivity contribution < 1.29 is 9.26 Å². The van der Waals surface area contributed by atoms with E-state index >= 15 is 0 Å². The minimum Gasteiger partial charge on any atom is -0.381 e. The topological polar surface area (TPSA) is 74.2 Å². The zero-order valence-corrected chi connectivity index (χ0v) is 6.64. The van der Waals surface area contributed by atoms with Crippen LogP contribution in [-0.4, -0.2) is 23.4 Å². The molecule has 1 aromatic rings. The van der Waals surface area contributed by atoms with Gasteiger partial charge in [0.05, 0.1) is 12.6 Å². The van der Waals surface area contributed by atoms with Crippen LogP contribution in [0.5, 0.6) is 0 Å². The first-order chi connectivity index (χ1) is 5.88. The van der Waals surface area contributed by atoms with Crippen LogP contribution in [0.3, 0.4) is 0 Å². The van der Waals surface area contributed by atoms with E-state index in [0.29, 0.717) is 18.3 Å². The average Bonchev–Trinajstić information content (AvgIpc) is 2.77. The lowest BCUT2D eigenvalue weighted by molar-refractivity contribution is 0.180. The summed E-state index contributed by atoms with van der Waals surface area (Å²) >= 11 is 0. The van der Waals surface area contributed by atoms with Crippen LogP contribution in [-0.2, 0) is 4.74 Å². The van der Waals surface area contributed by atoms with E-state index in [1.165, 1.54) is 6.39 Å². The lowest BCUT2D eigenvalue weighted by atomic mass is 10.00. The Balaban J connectivity index is 2.04. The Morgan fingerprint density at radius 2 is 2.58 bits per heavy atom. The molecule has 1 aliphatic rings. The molecule has 2 unspecified atom stereocenters. The standard InChI is InChI=1S/C7H11N3O2/c8-6(5-1-2-11-3-5)7-9-4-12-10-7/h4-6H,1-3,8H2. The van der Waals surface area contributed by atoms with Crippen molar-refractivity contribution in [1.29, 1.82) is 0 Å². The van der Waals surface area contributed by atoms with E-state index in [9.17, 15) is 0 Å². The van der Waals surface area contributed by atoms with Gasteiger partial charge in [-0.25, -0.2) is 0 Å². The number of nitrogens with zero attached hydrogens (tertiary/aromatic N) is 2. The van der Waals surface area contributed by atoms with Crippen molar-refractivity contribution >= 4 is 0 Å². The zero-order valence-electron chi connectivity index (χ0n) is 6.64. The first-order valence-corrected chi connectivity index (χ1v) is 3.97. The van der Waals surface area contributed by atoms with Crippen molar-refractivity contribution in [2.75, 3.05) is 13.2 Å². The van der Waals surface area contributed by atoms with Crippen LogP contribution in [0.1, 0.15) is 18.3 Å². The van der Waals surface area contributed by atoms with Gasteiger partial charge in [-0.15, -0.1) is 0 Å². The summed E-state index contributed by atoms with van der Waals surface area (Å²) in [6.45, 7) is 1.49. The molecule has 2 heterocycles. The second-order valence-electron chi connectivity index (χ2n) is 2.94. The SMILES string of the molecule is NC(c1ncon1)C1CCOC1. The third kappa shape index (κ3) is 1.33. The summed E-state index contributed by atoms with van der Waals surface area (Å²) in [5.74, 6) is 0.910. The van der Waals surface area contributed by atoms with Crippen molar-refractivity contribution in [2.24, 2.45) is 11.7 Å². The fraction of sp³-hybridized carbons (Fsp3) is 0.714. The molecule has 12 heavy (non-hydrogen) atoms. The van der Waals surface area contributed by atoms with E-state index in [1.807, 2.05) is 0 Å². The molecule has 1 aromatic heterocycles. The first kappa shape index (κ1) is 7.70. The highest BCUT2D eigenvalue weighted by Crippen LogP contribution is 2.23. The number of hydrogen-bond donors (Lipinski definition) is 1. The molecular weight excluding hydrogens is 158 g/mol. The predicted molar refractivity (Wildman–Crippen MR) is 40.2 cm³/mol. The van der Waals surface area contributed by atoms with Gasteiger partial charge in [-0.1, -0.05) is 5.16 Å². The lowest BCUT2D eigenvalue weighted by Gasteiger charge is -2.12. The molecule has 0 aromatic carbocycles. The highest BCUT2D eigenvalue weighted by atomic mass is 16.5. The maximum atomic E-state index is 5.88. The van der Waals surface area contributed by atoms with Crippen LogP contribution in [0.2, 0.25) is 0 Å². The molecule has 5 heteroatoms. The number of hydrogen-bond acceptors (Lipinski definition) is 5. The van der Waals surface area contributed by atoms with Crippen molar-refractivity contribution in [3.8, 4) is 0 Å². The first-order valence-electron chi connectivity index (χ1n) is 3.97.